The average molecular weight is 720 g/mol. The lowest BCUT2D eigenvalue weighted by molar-refractivity contribution is -0.121. The van der Waals surface area contributed by atoms with Crippen molar-refractivity contribution >= 4 is 39.8 Å². The van der Waals surface area contributed by atoms with Crippen LogP contribution in [0.25, 0.3) is 11.4 Å². The van der Waals surface area contributed by atoms with E-state index >= 15 is 0 Å². The van der Waals surface area contributed by atoms with Crippen LogP contribution in [0.2, 0.25) is 0 Å². The van der Waals surface area contributed by atoms with Crippen LogP contribution >= 0.6 is 11.3 Å². The van der Waals surface area contributed by atoms with Gasteiger partial charge in [0.2, 0.25) is 0 Å². The van der Waals surface area contributed by atoms with E-state index < -0.39 is 22.9 Å². The van der Waals surface area contributed by atoms with Gasteiger partial charge in [0.1, 0.15) is 17.0 Å². The van der Waals surface area contributed by atoms with Gasteiger partial charge in [-0.05, 0) is 72.5 Å². The molecule has 0 bridgehead atoms. The molecule has 2 atom stereocenters. The molecule has 3 aromatic rings. The summed E-state index contributed by atoms with van der Waals surface area (Å²) in [6.07, 6.45) is 15.1. The molecule has 2 amide bonds. The van der Waals surface area contributed by atoms with Gasteiger partial charge in [-0.2, -0.15) is 0 Å². The Morgan fingerprint density at radius 2 is 1.58 bits per heavy atom. The van der Waals surface area contributed by atoms with Gasteiger partial charge in [-0.3, -0.25) is 14.3 Å². The van der Waals surface area contributed by atoms with E-state index in [2.05, 4.69) is 42.6 Å². The maximum Gasteiger partial charge on any atom is 0.262 e. The number of hydrogen-bond acceptors (Lipinski definition) is 7. The number of nitrogens with one attached hydrogen (secondary N) is 2. The fourth-order valence-corrected chi connectivity index (χ4v) is 9.50. The van der Waals surface area contributed by atoms with Crippen LogP contribution in [0.3, 0.4) is 0 Å². The Morgan fingerprint density at radius 3 is 2.16 bits per heavy atom. The fraction of sp³-hybridized carbons (Fsp3) is 0.600. The number of rotatable bonds is 13. The molecule has 1 saturated carbocycles. The Kier molecular flexibility index (Phi) is 13.3. The Bertz CT molecular complexity index is 1570. The minimum Gasteiger partial charge on any atom is -0.369 e. The van der Waals surface area contributed by atoms with Crippen LogP contribution in [0.1, 0.15) is 113 Å². The summed E-state index contributed by atoms with van der Waals surface area (Å²) in [4.78, 5) is 40.1. The molecule has 2 aliphatic rings. The SMILES string of the molecule is CCCC1CCC(C2CCN(c3cnc(-c4ccc(CC(NC(=O)c5ccc(C(C)(C)C)s5)C(=O)NS(=O)CC(C)C)cc4)nc3)CC2)CC1. The predicted octanol–water partition coefficient (Wildman–Crippen LogP) is 8.10. The zero-order chi connectivity index (χ0) is 35.8. The third-order valence-corrected chi connectivity index (χ3v) is 13.2. The van der Waals surface area contributed by atoms with Crippen molar-refractivity contribution in [2.75, 3.05) is 23.7 Å². The first-order valence-electron chi connectivity index (χ1n) is 18.7. The van der Waals surface area contributed by atoms with E-state index in [1.165, 1.54) is 62.7 Å². The highest BCUT2D eigenvalue weighted by molar-refractivity contribution is 7.83. The van der Waals surface area contributed by atoms with Gasteiger partial charge in [-0.15, -0.1) is 11.3 Å². The molecule has 5 rings (SSSR count). The zero-order valence-electron chi connectivity index (χ0n) is 30.9. The summed E-state index contributed by atoms with van der Waals surface area (Å²) in [5.41, 5.74) is 2.75. The minimum atomic E-state index is -1.53. The van der Waals surface area contributed by atoms with Gasteiger partial charge in [-0.25, -0.2) is 14.2 Å². The quantitative estimate of drug-likeness (QED) is 0.185. The number of anilines is 1. The van der Waals surface area contributed by atoms with Gasteiger partial charge >= 0.3 is 0 Å². The molecule has 1 saturated heterocycles. The Hall–Kier alpha value is -3.11. The summed E-state index contributed by atoms with van der Waals surface area (Å²) in [5, 5.41) is 2.91. The van der Waals surface area contributed by atoms with Crippen LogP contribution in [0.5, 0.6) is 0 Å². The number of aromatic nitrogens is 2. The second kappa shape index (κ2) is 17.4. The molecule has 2 aromatic heterocycles. The summed E-state index contributed by atoms with van der Waals surface area (Å²) in [6.45, 7) is 14.7. The highest BCUT2D eigenvalue weighted by Gasteiger charge is 2.30. The summed E-state index contributed by atoms with van der Waals surface area (Å²) >= 11 is 1.43. The maximum absolute atomic E-state index is 13.3. The highest BCUT2D eigenvalue weighted by atomic mass is 32.2. The highest BCUT2D eigenvalue weighted by Crippen LogP contribution is 2.39. The van der Waals surface area contributed by atoms with Crippen molar-refractivity contribution in [3.05, 3.63) is 64.1 Å². The average Bonchev–Trinajstić information content (AvgIpc) is 3.61. The van der Waals surface area contributed by atoms with Crippen molar-refractivity contribution in [2.24, 2.45) is 23.7 Å². The normalized spacial score (nSPS) is 20.0. The standard InChI is InChI=1S/C40H57N5O3S2/c1-7-8-28-9-13-30(14-10-28)31-19-21-45(22-20-31)33-24-41-37(42-25-33)32-15-11-29(12-16-32)23-34(38(46)44-50(48)26-27(2)3)43-39(47)35-17-18-36(49-35)40(4,5)6/h11-12,15-18,24-25,27-28,30-31,34H,7-10,13-14,19-23,26H2,1-6H3,(H,43,47)(H,44,46). The molecule has 1 aliphatic heterocycles. The minimum absolute atomic E-state index is 0.0800. The van der Waals surface area contributed by atoms with Crippen LogP contribution in [-0.4, -0.2) is 50.9 Å². The molecule has 1 aromatic carbocycles. The van der Waals surface area contributed by atoms with Gasteiger partial charge < -0.3 is 10.2 Å². The number of benzene rings is 1. The first-order valence-corrected chi connectivity index (χ1v) is 20.8. The van der Waals surface area contributed by atoms with Gasteiger partial charge in [0, 0.05) is 35.7 Å². The Morgan fingerprint density at radius 1 is 0.940 bits per heavy atom. The lowest BCUT2D eigenvalue weighted by atomic mass is 9.72. The summed E-state index contributed by atoms with van der Waals surface area (Å²) < 4.78 is 15.2. The molecular formula is C40H57N5O3S2. The number of nitrogens with zero attached hydrogens (tertiary/aromatic N) is 3. The molecule has 2 fully saturated rings. The summed E-state index contributed by atoms with van der Waals surface area (Å²) in [7, 11) is -1.53. The monoisotopic (exact) mass is 719 g/mol. The number of thiophene rings is 1. The molecule has 3 heterocycles. The smallest absolute Gasteiger partial charge is 0.262 e. The second-order valence-electron chi connectivity index (χ2n) is 15.9. The molecule has 10 heteroatoms. The molecule has 50 heavy (non-hydrogen) atoms. The van der Waals surface area contributed by atoms with Crippen molar-refractivity contribution < 1.29 is 13.8 Å². The fourth-order valence-electron chi connectivity index (χ4n) is 7.47. The van der Waals surface area contributed by atoms with Crippen molar-refractivity contribution in [3.8, 4) is 11.4 Å². The zero-order valence-corrected chi connectivity index (χ0v) is 32.5. The lowest BCUT2D eigenvalue weighted by Gasteiger charge is -2.39. The topological polar surface area (TPSA) is 104 Å². The number of piperidine rings is 1. The summed E-state index contributed by atoms with van der Waals surface area (Å²) in [6, 6.07) is 10.7. The Balaban J connectivity index is 1.19. The van der Waals surface area contributed by atoms with E-state index in [1.54, 1.807) is 6.07 Å². The molecule has 2 unspecified atom stereocenters. The van der Waals surface area contributed by atoms with Crippen LogP contribution in [0, 0.1) is 23.7 Å². The van der Waals surface area contributed by atoms with E-state index in [0.717, 1.165) is 52.5 Å². The Labute approximate surface area is 306 Å². The summed E-state index contributed by atoms with van der Waals surface area (Å²) in [5.74, 6) is 3.10. The molecular weight excluding hydrogens is 663 g/mol. The lowest BCUT2D eigenvalue weighted by Crippen LogP contribution is -2.48. The van der Waals surface area contributed by atoms with E-state index in [-0.39, 0.29) is 23.7 Å². The van der Waals surface area contributed by atoms with Gasteiger partial charge in [-0.1, -0.05) is 91.5 Å². The van der Waals surface area contributed by atoms with Crippen LogP contribution in [0.15, 0.2) is 48.8 Å². The van der Waals surface area contributed by atoms with Crippen molar-refractivity contribution in [1.29, 1.82) is 0 Å². The molecule has 272 valence electrons. The molecule has 0 spiro atoms. The largest absolute Gasteiger partial charge is 0.369 e. The van der Waals surface area contributed by atoms with Gasteiger partial charge in [0.25, 0.3) is 11.8 Å². The third kappa shape index (κ3) is 10.5. The number of hydrogen-bond donors (Lipinski definition) is 2. The van der Waals surface area contributed by atoms with E-state index in [9.17, 15) is 13.8 Å². The van der Waals surface area contributed by atoms with Crippen molar-refractivity contribution in [1.82, 2.24) is 20.0 Å². The van der Waals surface area contributed by atoms with Crippen molar-refractivity contribution in [3.63, 3.8) is 0 Å². The second-order valence-corrected chi connectivity index (χ2v) is 18.2. The van der Waals surface area contributed by atoms with Gasteiger partial charge in [0.15, 0.2) is 5.82 Å². The number of carbonyl (C=O) groups is 2. The predicted molar refractivity (Wildman–Crippen MR) is 207 cm³/mol. The number of carbonyl (C=O) groups excluding carboxylic acids is 2. The molecule has 0 radical (unpaired) electrons. The van der Waals surface area contributed by atoms with Crippen molar-refractivity contribution in [2.45, 2.75) is 111 Å². The molecule has 2 N–H and O–H groups in total. The van der Waals surface area contributed by atoms with E-state index in [0.29, 0.717) is 16.5 Å². The van der Waals surface area contributed by atoms with Crippen LogP contribution < -0.4 is 14.9 Å². The van der Waals surface area contributed by atoms with E-state index in [1.807, 2.05) is 56.6 Å². The molecule has 1 aliphatic carbocycles. The van der Waals surface area contributed by atoms with Gasteiger partial charge in [0.05, 0.1) is 23.0 Å². The third-order valence-electron chi connectivity index (χ3n) is 10.3. The van der Waals surface area contributed by atoms with E-state index in [4.69, 9.17) is 9.97 Å². The maximum atomic E-state index is 13.3. The van der Waals surface area contributed by atoms with Crippen LogP contribution in [0.4, 0.5) is 5.69 Å². The number of amides is 2. The van der Waals surface area contributed by atoms with Crippen LogP contribution in [-0.2, 0) is 27.6 Å². The first kappa shape index (κ1) is 38.1. The molecule has 8 nitrogen and oxygen atoms in total. The first-order chi connectivity index (χ1) is 23.9.